The van der Waals surface area contributed by atoms with Gasteiger partial charge in [0.1, 0.15) is 0 Å². The summed E-state index contributed by atoms with van der Waals surface area (Å²) >= 11 is 0. The molecule has 0 spiro atoms. The lowest BCUT2D eigenvalue weighted by molar-refractivity contribution is 0.113. The van der Waals surface area contributed by atoms with Crippen LogP contribution in [0.3, 0.4) is 0 Å². The Kier molecular flexibility index (Phi) is 3.90. The molecule has 1 aromatic rings. The third kappa shape index (κ3) is 2.80. The van der Waals surface area contributed by atoms with Gasteiger partial charge in [0.25, 0.3) is 0 Å². The molecule has 2 rings (SSSR count). The Morgan fingerprint density at radius 2 is 2.38 bits per heavy atom. The number of hydrogen-bond acceptors (Lipinski definition) is 5. The zero-order valence-electron chi connectivity index (χ0n) is 9.90. The number of aryl methyl sites for hydroxylation is 1. The summed E-state index contributed by atoms with van der Waals surface area (Å²) < 4.78 is 10.5. The molecule has 1 aliphatic heterocycles. The first-order chi connectivity index (χ1) is 7.79. The Bertz CT molecular complexity index is 327. The molecule has 2 unspecified atom stereocenters. The predicted octanol–water partition coefficient (Wildman–Crippen LogP) is 0.941. The minimum atomic E-state index is 0.316. The second-order valence-electron chi connectivity index (χ2n) is 4.13. The van der Waals surface area contributed by atoms with Crippen LogP contribution in [0.1, 0.15) is 32.0 Å². The van der Waals surface area contributed by atoms with Crippen molar-refractivity contribution in [2.75, 3.05) is 13.2 Å². The van der Waals surface area contributed by atoms with Gasteiger partial charge in [-0.15, -0.1) is 0 Å². The maximum Gasteiger partial charge on any atom is 0.226 e. The standard InChI is InChI=1S/C11H19N3O2/c1-3-11-13-10(14-16-11)4-6-12-9-5-7-15-8(9)2/h8-9,12H,3-7H2,1-2H3. The summed E-state index contributed by atoms with van der Waals surface area (Å²) in [5.74, 6) is 1.50. The molecule has 0 bridgehead atoms. The van der Waals surface area contributed by atoms with Crippen LogP contribution in [0, 0.1) is 0 Å². The van der Waals surface area contributed by atoms with Crippen LogP contribution in [-0.2, 0) is 17.6 Å². The van der Waals surface area contributed by atoms with Crippen LogP contribution in [0.25, 0.3) is 0 Å². The van der Waals surface area contributed by atoms with Gasteiger partial charge in [-0.25, -0.2) is 0 Å². The van der Waals surface area contributed by atoms with Gasteiger partial charge in [0, 0.05) is 32.0 Å². The van der Waals surface area contributed by atoms with Crippen molar-refractivity contribution in [3.05, 3.63) is 11.7 Å². The number of nitrogens with one attached hydrogen (secondary N) is 1. The van der Waals surface area contributed by atoms with Crippen molar-refractivity contribution < 1.29 is 9.26 Å². The minimum absolute atomic E-state index is 0.316. The maximum atomic E-state index is 5.48. The smallest absolute Gasteiger partial charge is 0.226 e. The van der Waals surface area contributed by atoms with Gasteiger partial charge in [0.15, 0.2) is 5.82 Å². The van der Waals surface area contributed by atoms with Gasteiger partial charge >= 0.3 is 0 Å². The van der Waals surface area contributed by atoms with Crippen LogP contribution in [0.4, 0.5) is 0 Å². The predicted molar refractivity (Wildman–Crippen MR) is 59.2 cm³/mol. The van der Waals surface area contributed by atoms with Gasteiger partial charge in [0.2, 0.25) is 5.89 Å². The highest BCUT2D eigenvalue weighted by Crippen LogP contribution is 2.12. The van der Waals surface area contributed by atoms with Crippen LogP contribution >= 0.6 is 0 Å². The maximum absolute atomic E-state index is 5.48. The minimum Gasteiger partial charge on any atom is -0.377 e. The highest BCUT2D eigenvalue weighted by molar-refractivity contribution is 4.87. The molecule has 1 N–H and O–H groups in total. The third-order valence-corrected chi connectivity index (χ3v) is 2.94. The number of hydrogen-bond donors (Lipinski definition) is 1. The van der Waals surface area contributed by atoms with E-state index in [0.717, 1.165) is 38.2 Å². The number of ether oxygens (including phenoxy) is 1. The fraction of sp³-hybridized carbons (Fsp3) is 0.818. The molecule has 0 amide bonds. The Morgan fingerprint density at radius 3 is 3.00 bits per heavy atom. The molecule has 90 valence electrons. The van der Waals surface area contributed by atoms with Crippen molar-refractivity contribution >= 4 is 0 Å². The fourth-order valence-electron chi connectivity index (χ4n) is 1.90. The van der Waals surface area contributed by atoms with Gasteiger partial charge in [-0.3, -0.25) is 0 Å². The summed E-state index contributed by atoms with van der Waals surface area (Å²) in [6.45, 7) is 5.85. The normalized spacial score (nSPS) is 25.1. The van der Waals surface area contributed by atoms with E-state index in [1.807, 2.05) is 6.92 Å². The molecule has 0 aliphatic carbocycles. The van der Waals surface area contributed by atoms with E-state index in [1.165, 1.54) is 0 Å². The van der Waals surface area contributed by atoms with Gasteiger partial charge in [-0.05, 0) is 13.3 Å². The largest absolute Gasteiger partial charge is 0.377 e. The first-order valence-corrected chi connectivity index (χ1v) is 5.96. The average Bonchev–Trinajstić information content (AvgIpc) is 2.89. The van der Waals surface area contributed by atoms with E-state index in [4.69, 9.17) is 9.26 Å². The lowest BCUT2D eigenvalue weighted by Gasteiger charge is -2.14. The second-order valence-corrected chi connectivity index (χ2v) is 4.13. The molecule has 2 heterocycles. The molecule has 1 aliphatic rings. The van der Waals surface area contributed by atoms with Crippen molar-refractivity contribution in [1.82, 2.24) is 15.5 Å². The topological polar surface area (TPSA) is 60.2 Å². The van der Waals surface area contributed by atoms with E-state index in [9.17, 15) is 0 Å². The molecule has 1 fully saturated rings. The average molecular weight is 225 g/mol. The van der Waals surface area contributed by atoms with Crippen LogP contribution in [-0.4, -0.2) is 35.4 Å². The lowest BCUT2D eigenvalue weighted by Crippen LogP contribution is -2.36. The molecule has 0 saturated carbocycles. The molecule has 16 heavy (non-hydrogen) atoms. The molecule has 5 nitrogen and oxygen atoms in total. The Labute approximate surface area is 95.6 Å². The molecule has 5 heteroatoms. The zero-order valence-corrected chi connectivity index (χ0v) is 9.90. The number of nitrogens with zero attached hydrogens (tertiary/aromatic N) is 2. The first kappa shape index (κ1) is 11.5. The fourth-order valence-corrected chi connectivity index (χ4v) is 1.90. The Hall–Kier alpha value is -0.940. The van der Waals surface area contributed by atoms with Gasteiger partial charge in [-0.2, -0.15) is 4.98 Å². The SMILES string of the molecule is CCc1nc(CCNC2CCOC2C)no1. The van der Waals surface area contributed by atoms with E-state index in [1.54, 1.807) is 0 Å². The Morgan fingerprint density at radius 1 is 1.50 bits per heavy atom. The molecular formula is C11H19N3O2. The van der Waals surface area contributed by atoms with E-state index < -0.39 is 0 Å². The van der Waals surface area contributed by atoms with Crippen molar-refractivity contribution in [3.8, 4) is 0 Å². The summed E-state index contributed by atoms with van der Waals surface area (Å²) in [7, 11) is 0. The first-order valence-electron chi connectivity index (χ1n) is 5.96. The van der Waals surface area contributed by atoms with E-state index in [-0.39, 0.29) is 0 Å². The van der Waals surface area contributed by atoms with Crippen molar-refractivity contribution in [2.45, 2.75) is 45.3 Å². The molecule has 0 radical (unpaired) electrons. The summed E-state index contributed by atoms with van der Waals surface area (Å²) in [5, 5.41) is 7.37. The third-order valence-electron chi connectivity index (χ3n) is 2.94. The van der Waals surface area contributed by atoms with Gasteiger partial charge < -0.3 is 14.6 Å². The van der Waals surface area contributed by atoms with Crippen LogP contribution in [0.2, 0.25) is 0 Å². The molecule has 2 atom stereocenters. The molecular weight excluding hydrogens is 206 g/mol. The number of rotatable bonds is 5. The van der Waals surface area contributed by atoms with Crippen LogP contribution in [0.15, 0.2) is 4.52 Å². The molecule has 1 saturated heterocycles. The molecule has 1 aromatic heterocycles. The summed E-state index contributed by atoms with van der Waals surface area (Å²) in [4.78, 5) is 4.26. The summed E-state index contributed by atoms with van der Waals surface area (Å²) in [6.07, 6.45) is 3.02. The van der Waals surface area contributed by atoms with Crippen molar-refractivity contribution in [3.63, 3.8) is 0 Å². The Balaban J connectivity index is 1.71. The lowest BCUT2D eigenvalue weighted by atomic mass is 10.1. The van der Waals surface area contributed by atoms with E-state index >= 15 is 0 Å². The summed E-state index contributed by atoms with van der Waals surface area (Å²) in [5.41, 5.74) is 0. The van der Waals surface area contributed by atoms with Gasteiger partial charge in [-0.1, -0.05) is 12.1 Å². The highest BCUT2D eigenvalue weighted by atomic mass is 16.5. The van der Waals surface area contributed by atoms with E-state index in [2.05, 4.69) is 22.4 Å². The quantitative estimate of drug-likeness (QED) is 0.808. The second kappa shape index (κ2) is 5.41. The highest BCUT2D eigenvalue weighted by Gasteiger charge is 2.23. The van der Waals surface area contributed by atoms with Crippen molar-refractivity contribution in [1.29, 1.82) is 0 Å². The van der Waals surface area contributed by atoms with Crippen LogP contribution < -0.4 is 5.32 Å². The monoisotopic (exact) mass is 225 g/mol. The van der Waals surface area contributed by atoms with Crippen LogP contribution in [0.5, 0.6) is 0 Å². The number of aromatic nitrogens is 2. The zero-order chi connectivity index (χ0) is 11.4. The van der Waals surface area contributed by atoms with Gasteiger partial charge in [0.05, 0.1) is 6.10 Å². The summed E-state index contributed by atoms with van der Waals surface area (Å²) in [6, 6.07) is 0.470. The molecule has 0 aromatic carbocycles. The van der Waals surface area contributed by atoms with Crippen molar-refractivity contribution in [2.24, 2.45) is 0 Å². The van der Waals surface area contributed by atoms with E-state index in [0.29, 0.717) is 18.0 Å².